The van der Waals surface area contributed by atoms with Gasteiger partial charge in [-0.3, -0.25) is 4.90 Å². The van der Waals surface area contributed by atoms with Gasteiger partial charge in [0.25, 0.3) is 0 Å². The summed E-state index contributed by atoms with van der Waals surface area (Å²) in [5, 5.41) is 5.23. The van der Waals surface area contributed by atoms with E-state index < -0.39 is 11.7 Å². The molecule has 0 spiro atoms. The zero-order valence-corrected chi connectivity index (χ0v) is 17.3. The topological polar surface area (TPSA) is 81.6 Å². The zero-order chi connectivity index (χ0) is 22.9. The summed E-state index contributed by atoms with van der Waals surface area (Å²) in [4.78, 5) is 11.0. The van der Waals surface area contributed by atoms with Crippen molar-refractivity contribution in [3.05, 3.63) is 72.1 Å². The minimum absolute atomic E-state index is 0.175. The maximum Gasteiger partial charge on any atom is 0.416 e. The van der Waals surface area contributed by atoms with E-state index in [9.17, 15) is 13.2 Å². The van der Waals surface area contributed by atoms with Crippen molar-refractivity contribution in [2.24, 2.45) is 0 Å². The molecule has 7 nitrogen and oxygen atoms in total. The Bertz CT molecular complexity index is 1270. The number of nitrogens with two attached hydrogens (primary N) is 1. The van der Waals surface area contributed by atoms with Crippen molar-refractivity contribution in [3.8, 4) is 5.75 Å². The van der Waals surface area contributed by atoms with E-state index in [0.717, 1.165) is 23.1 Å². The van der Waals surface area contributed by atoms with Crippen LogP contribution in [0, 0.1) is 0 Å². The van der Waals surface area contributed by atoms with Crippen LogP contribution in [0.4, 0.5) is 19.1 Å². The van der Waals surface area contributed by atoms with Crippen LogP contribution in [-0.2, 0) is 19.3 Å². The van der Waals surface area contributed by atoms with Crippen LogP contribution in [0.3, 0.4) is 0 Å². The maximum atomic E-state index is 12.8. The van der Waals surface area contributed by atoms with Crippen molar-refractivity contribution in [1.82, 2.24) is 24.5 Å². The Morgan fingerprint density at radius 2 is 1.88 bits per heavy atom. The molecule has 10 heteroatoms. The first kappa shape index (κ1) is 21.6. The molecule has 2 N–H and O–H groups in total. The highest BCUT2D eigenvalue weighted by Gasteiger charge is 2.30. The molecule has 0 aliphatic rings. The molecule has 0 atom stereocenters. The van der Waals surface area contributed by atoms with E-state index >= 15 is 0 Å². The number of methoxy groups -OCH3 is 1. The summed E-state index contributed by atoms with van der Waals surface area (Å²) in [7, 11) is 1.56. The van der Waals surface area contributed by atoms with E-state index in [1.165, 1.54) is 16.6 Å². The number of aromatic nitrogens is 4. The molecule has 0 fully saturated rings. The van der Waals surface area contributed by atoms with Gasteiger partial charge >= 0.3 is 6.18 Å². The number of ether oxygens (including phenoxy) is 1. The molecule has 0 aliphatic carbocycles. The van der Waals surface area contributed by atoms with Gasteiger partial charge in [0.2, 0.25) is 5.95 Å². The molecule has 4 aromatic rings. The van der Waals surface area contributed by atoms with Gasteiger partial charge in [0.05, 0.1) is 19.2 Å². The highest BCUT2D eigenvalue weighted by molar-refractivity contribution is 5.95. The van der Waals surface area contributed by atoms with E-state index in [4.69, 9.17) is 10.5 Å². The zero-order valence-electron chi connectivity index (χ0n) is 17.3. The third kappa shape index (κ3) is 4.22. The van der Waals surface area contributed by atoms with Gasteiger partial charge in [0, 0.05) is 18.5 Å². The first-order chi connectivity index (χ1) is 15.3. The number of rotatable bonds is 7. The van der Waals surface area contributed by atoms with E-state index in [-0.39, 0.29) is 5.95 Å². The number of hydrogen-bond donors (Lipinski definition) is 1. The molecule has 0 bridgehead atoms. The third-order valence-corrected chi connectivity index (χ3v) is 4.99. The van der Waals surface area contributed by atoms with Crippen LogP contribution >= 0.6 is 0 Å². The van der Waals surface area contributed by atoms with Crippen LogP contribution in [0.25, 0.3) is 16.6 Å². The molecule has 0 unspecified atom stereocenters. The molecule has 32 heavy (non-hydrogen) atoms. The van der Waals surface area contributed by atoms with Crippen LogP contribution in [0.15, 0.2) is 55.1 Å². The summed E-state index contributed by atoms with van der Waals surface area (Å²) in [6.45, 7) is 5.02. The van der Waals surface area contributed by atoms with Crippen LogP contribution < -0.4 is 10.5 Å². The van der Waals surface area contributed by atoms with Crippen molar-refractivity contribution in [1.29, 1.82) is 0 Å². The molecule has 0 saturated heterocycles. The van der Waals surface area contributed by atoms with Crippen molar-refractivity contribution in [2.45, 2.75) is 19.3 Å². The fourth-order valence-corrected chi connectivity index (χ4v) is 3.53. The van der Waals surface area contributed by atoms with Gasteiger partial charge in [-0.25, -0.2) is 9.97 Å². The van der Waals surface area contributed by atoms with Gasteiger partial charge in [-0.05, 0) is 29.8 Å². The van der Waals surface area contributed by atoms with Crippen molar-refractivity contribution >= 4 is 22.5 Å². The minimum atomic E-state index is -4.36. The number of anilines is 1. The third-order valence-electron chi connectivity index (χ3n) is 4.99. The second-order valence-corrected chi connectivity index (χ2v) is 7.24. The molecule has 0 radical (unpaired) electrons. The first-order valence-corrected chi connectivity index (χ1v) is 9.77. The average Bonchev–Trinajstić information content (AvgIpc) is 3.18. The largest absolute Gasteiger partial charge is 0.494 e. The van der Waals surface area contributed by atoms with Crippen LogP contribution in [0.2, 0.25) is 0 Å². The quantitative estimate of drug-likeness (QED) is 0.435. The van der Waals surface area contributed by atoms with E-state index in [0.29, 0.717) is 42.4 Å². The van der Waals surface area contributed by atoms with Gasteiger partial charge < -0.3 is 10.5 Å². The second kappa shape index (κ2) is 8.46. The molecule has 166 valence electrons. The molecule has 2 aromatic heterocycles. The number of nitrogens with zero attached hydrogens (tertiary/aromatic N) is 5. The number of halogens is 3. The van der Waals surface area contributed by atoms with Gasteiger partial charge in [-0.1, -0.05) is 24.3 Å². The SMILES string of the molecule is C=CCN(Cc1ccc(C(F)(F)F)cc1)Cc1nc2c3cccc(OC)c3nc(N)n2n1. The number of alkyl halides is 3. The first-order valence-electron chi connectivity index (χ1n) is 9.77. The Hall–Kier alpha value is -3.66. The monoisotopic (exact) mass is 442 g/mol. The fraction of sp³-hybridized carbons (Fsp3) is 0.227. The minimum Gasteiger partial charge on any atom is -0.494 e. The number of benzene rings is 2. The Balaban J connectivity index is 1.63. The maximum absolute atomic E-state index is 12.8. The Labute approximate surface area is 181 Å². The average molecular weight is 442 g/mol. The summed E-state index contributed by atoms with van der Waals surface area (Å²) in [6, 6.07) is 10.6. The van der Waals surface area contributed by atoms with Crippen molar-refractivity contribution in [3.63, 3.8) is 0 Å². The number of nitrogen functional groups attached to an aromatic ring is 1. The lowest BCUT2D eigenvalue weighted by Gasteiger charge is -2.19. The molecular formula is C22H21F3N6O. The lowest BCUT2D eigenvalue weighted by molar-refractivity contribution is -0.137. The predicted molar refractivity (Wildman–Crippen MR) is 115 cm³/mol. The summed E-state index contributed by atoms with van der Waals surface area (Å²) in [6.07, 6.45) is -2.64. The highest BCUT2D eigenvalue weighted by atomic mass is 19.4. The molecule has 2 heterocycles. The van der Waals surface area contributed by atoms with Crippen LogP contribution in [-0.4, -0.2) is 38.1 Å². The molecule has 2 aromatic carbocycles. The Morgan fingerprint density at radius 3 is 2.53 bits per heavy atom. The number of hydrogen-bond acceptors (Lipinski definition) is 6. The van der Waals surface area contributed by atoms with E-state index in [2.05, 4.69) is 21.6 Å². The summed E-state index contributed by atoms with van der Waals surface area (Å²) >= 11 is 0. The standard InChI is InChI=1S/C22H21F3N6O/c1-3-11-30(12-14-7-9-15(10-8-14)22(23,24)25)13-18-27-20-16-5-4-6-17(32-2)19(16)28-21(26)31(20)29-18/h3-10H,1,11-13H2,2H3,(H2,26,28). The van der Waals surface area contributed by atoms with Gasteiger partial charge in [0.15, 0.2) is 11.5 Å². The van der Waals surface area contributed by atoms with E-state index in [1.54, 1.807) is 19.3 Å². The van der Waals surface area contributed by atoms with Gasteiger partial charge in [-0.15, -0.1) is 11.7 Å². The van der Waals surface area contributed by atoms with Crippen molar-refractivity contribution in [2.75, 3.05) is 19.4 Å². The van der Waals surface area contributed by atoms with Crippen molar-refractivity contribution < 1.29 is 17.9 Å². The predicted octanol–water partition coefficient (Wildman–Crippen LogP) is 4.08. The van der Waals surface area contributed by atoms with Crippen LogP contribution in [0.1, 0.15) is 17.0 Å². The molecule has 0 amide bonds. The second-order valence-electron chi connectivity index (χ2n) is 7.24. The molecule has 4 rings (SSSR count). The lowest BCUT2D eigenvalue weighted by Crippen LogP contribution is -2.23. The molecular weight excluding hydrogens is 421 g/mol. The number of fused-ring (bicyclic) bond motifs is 3. The Kier molecular flexibility index (Phi) is 5.70. The Morgan fingerprint density at radius 1 is 1.12 bits per heavy atom. The fourth-order valence-electron chi connectivity index (χ4n) is 3.53. The highest BCUT2D eigenvalue weighted by Crippen LogP contribution is 2.30. The van der Waals surface area contributed by atoms with Gasteiger partial charge in [0.1, 0.15) is 11.3 Å². The summed E-state index contributed by atoms with van der Waals surface area (Å²) in [5.74, 6) is 1.26. The summed E-state index contributed by atoms with van der Waals surface area (Å²) < 4.78 is 45.3. The smallest absolute Gasteiger partial charge is 0.416 e. The summed E-state index contributed by atoms with van der Waals surface area (Å²) in [5.41, 5.74) is 7.29. The molecule has 0 saturated carbocycles. The molecule has 0 aliphatic heterocycles. The van der Waals surface area contributed by atoms with E-state index in [1.807, 2.05) is 17.0 Å². The number of para-hydroxylation sites is 1. The van der Waals surface area contributed by atoms with Gasteiger partial charge in [-0.2, -0.15) is 17.7 Å². The normalized spacial score (nSPS) is 12.0. The lowest BCUT2D eigenvalue weighted by atomic mass is 10.1. The van der Waals surface area contributed by atoms with Crippen LogP contribution in [0.5, 0.6) is 5.75 Å².